The van der Waals surface area contributed by atoms with Gasteiger partial charge in [-0.3, -0.25) is 0 Å². The van der Waals surface area contributed by atoms with Gasteiger partial charge >= 0.3 is 0 Å². The number of halogens is 2. The Morgan fingerprint density at radius 1 is 1.14 bits per heavy atom. The topological polar surface area (TPSA) is 59.6 Å². The van der Waals surface area contributed by atoms with Crippen LogP contribution >= 0.6 is 27.5 Å². The molecule has 0 amide bonds. The zero-order valence-electron chi connectivity index (χ0n) is 12.1. The molecule has 0 atom stereocenters. The molecule has 22 heavy (non-hydrogen) atoms. The average molecular weight is 375 g/mol. The molecule has 1 aliphatic heterocycles. The Morgan fingerprint density at radius 3 is 2.09 bits per heavy atom. The number of nitrogens with zero attached hydrogens (tertiary/aromatic N) is 2. The number of benzene rings is 1. The van der Waals surface area contributed by atoms with E-state index in [9.17, 15) is 10.5 Å². The van der Waals surface area contributed by atoms with Crippen molar-refractivity contribution in [1.82, 2.24) is 5.32 Å². The molecule has 1 aromatic carbocycles. The maximum atomic E-state index is 9.39. The Labute approximate surface area is 143 Å². The number of hydrogen-bond acceptors (Lipinski definition) is 3. The van der Waals surface area contributed by atoms with E-state index >= 15 is 0 Å². The minimum Gasteiger partial charge on any atom is -0.361 e. The van der Waals surface area contributed by atoms with Crippen LogP contribution in [-0.2, 0) is 0 Å². The third-order valence-corrected chi connectivity index (χ3v) is 4.35. The Bertz CT molecular complexity index is 738. The van der Waals surface area contributed by atoms with Gasteiger partial charge in [-0.2, -0.15) is 10.5 Å². The summed E-state index contributed by atoms with van der Waals surface area (Å²) in [6.07, 6.45) is 1.76. The summed E-state index contributed by atoms with van der Waals surface area (Å²) in [5.41, 5.74) is 3.36. The molecule has 0 unspecified atom stereocenters. The summed E-state index contributed by atoms with van der Waals surface area (Å²) in [5.74, 6) is -0.424. The smallest absolute Gasteiger partial charge is 0.0975 e. The highest BCUT2D eigenvalue weighted by molar-refractivity contribution is 9.10. The number of allylic oxidation sites excluding steroid dienone is 5. The fraction of sp³-hybridized carbons (Fsp3) is 0.176. The highest BCUT2D eigenvalue weighted by Gasteiger charge is 2.26. The Hall–Kier alpha value is -2.01. The SMILES string of the molecule is CC1=C(C#N)C(/C=C(\Cl)c2ccc(Br)cc2)C(C#N)=C(C)N1. The van der Waals surface area contributed by atoms with Gasteiger partial charge < -0.3 is 5.32 Å². The molecule has 0 radical (unpaired) electrons. The van der Waals surface area contributed by atoms with Crippen LogP contribution < -0.4 is 5.32 Å². The summed E-state index contributed by atoms with van der Waals surface area (Å²) in [4.78, 5) is 0. The third-order valence-electron chi connectivity index (χ3n) is 3.48. The number of hydrogen-bond donors (Lipinski definition) is 1. The molecule has 110 valence electrons. The second-order valence-electron chi connectivity index (χ2n) is 4.93. The summed E-state index contributed by atoms with van der Waals surface area (Å²) in [6.45, 7) is 3.65. The predicted molar refractivity (Wildman–Crippen MR) is 91.2 cm³/mol. The Kier molecular flexibility index (Phi) is 5.08. The van der Waals surface area contributed by atoms with Gasteiger partial charge in [-0.15, -0.1) is 0 Å². The first kappa shape index (κ1) is 16.4. The van der Waals surface area contributed by atoms with Crippen LogP contribution in [0.3, 0.4) is 0 Å². The van der Waals surface area contributed by atoms with Crippen LogP contribution in [0.1, 0.15) is 19.4 Å². The molecule has 0 saturated carbocycles. The summed E-state index contributed by atoms with van der Waals surface area (Å²) in [5, 5.41) is 22.4. The van der Waals surface area contributed by atoms with Crippen LogP contribution in [-0.4, -0.2) is 0 Å². The summed E-state index contributed by atoms with van der Waals surface area (Å²) >= 11 is 9.77. The van der Waals surface area contributed by atoms with Gasteiger partial charge in [-0.1, -0.05) is 45.7 Å². The van der Waals surface area contributed by atoms with E-state index in [1.54, 1.807) is 6.08 Å². The van der Waals surface area contributed by atoms with Crippen LogP contribution in [0.4, 0.5) is 0 Å². The number of nitriles is 2. The Balaban J connectivity index is 2.49. The molecule has 0 saturated heterocycles. The summed E-state index contributed by atoms with van der Waals surface area (Å²) in [7, 11) is 0. The van der Waals surface area contributed by atoms with Crippen molar-refractivity contribution < 1.29 is 0 Å². The molecular formula is C17H13BrClN3. The second-order valence-corrected chi connectivity index (χ2v) is 6.25. The van der Waals surface area contributed by atoms with Crippen LogP contribution in [0.2, 0.25) is 0 Å². The van der Waals surface area contributed by atoms with Gasteiger partial charge in [0.15, 0.2) is 0 Å². The molecule has 3 nitrogen and oxygen atoms in total. The van der Waals surface area contributed by atoms with Gasteiger partial charge in [0.05, 0.1) is 29.2 Å². The largest absolute Gasteiger partial charge is 0.361 e. The van der Waals surface area contributed by atoms with Crippen LogP contribution in [0.5, 0.6) is 0 Å². The second kappa shape index (κ2) is 6.83. The molecule has 0 spiro atoms. The van der Waals surface area contributed by atoms with Crippen LogP contribution in [0, 0.1) is 28.6 Å². The van der Waals surface area contributed by atoms with Crippen molar-refractivity contribution in [1.29, 1.82) is 10.5 Å². The lowest BCUT2D eigenvalue weighted by molar-refractivity contribution is 0.799. The molecule has 0 bridgehead atoms. The van der Waals surface area contributed by atoms with E-state index < -0.39 is 5.92 Å². The average Bonchev–Trinajstić information content (AvgIpc) is 2.48. The van der Waals surface area contributed by atoms with Crippen molar-refractivity contribution in [3.05, 3.63) is 62.9 Å². The zero-order valence-corrected chi connectivity index (χ0v) is 14.5. The lowest BCUT2D eigenvalue weighted by Gasteiger charge is -2.24. The van der Waals surface area contributed by atoms with E-state index in [1.165, 1.54) is 0 Å². The van der Waals surface area contributed by atoms with Gasteiger partial charge in [0.1, 0.15) is 0 Å². The van der Waals surface area contributed by atoms with Crippen molar-refractivity contribution in [2.75, 3.05) is 0 Å². The molecule has 1 aromatic rings. The van der Waals surface area contributed by atoms with Crippen molar-refractivity contribution in [2.24, 2.45) is 5.92 Å². The standard InChI is InChI=1S/C17H13BrClN3/c1-10-15(8-20)14(16(9-21)11(2)22-10)7-17(19)12-3-5-13(18)6-4-12/h3-7,14,22H,1-2H3/b17-7-. The maximum absolute atomic E-state index is 9.39. The number of dihydropyridines is 1. The van der Waals surface area contributed by atoms with Gasteiger partial charge in [-0.05, 0) is 31.5 Å². The number of rotatable bonds is 2. The highest BCUT2D eigenvalue weighted by atomic mass is 79.9. The lowest BCUT2D eigenvalue weighted by Crippen LogP contribution is -2.23. The van der Waals surface area contributed by atoms with Crippen LogP contribution in [0.25, 0.3) is 5.03 Å². The fourth-order valence-corrected chi connectivity index (χ4v) is 2.87. The van der Waals surface area contributed by atoms with Crippen molar-refractivity contribution >= 4 is 32.6 Å². The summed E-state index contributed by atoms with van der Waals surface area (Å²) < 4.78 is 0.962. The molecule has 1 heterocycles. The van der Waals surface area contributed by atoms with E-state index in [2.05, 4.69) is 33.4 Å². The quantitative estimate of drug-likeness (QED) is 0.805. The molecule has 0 aromatic heterocycles. The fourth-order valence-electron chi connectivity index (χ4n) is 2.35. The van der Waals surface area contributed by atoms with E-state index in [0.29, 0.717) is 16.2 Å². The first-order valence-corrected chi connectivity index (χ1v) is 7.77. The molecule has 2 rings (SSSR count). The van der Waals surface area contributed by atoms with Crippen molar-refractivity contribution in [2.45, 2.75) is 13.8 Å². The Morgan fingerprint density at radius 2 is 1.64 bits per heavy atom. The minimum atomic E-state index is -0.424. The van der Waals surface area contributed by atoms with Crippen LogP contribution in [0.15, 0.2) is 57.4 Å². The van der Waals surface area contributed by atoms with Gasteiger partial charge in [0.2, 0.25) is 0 Å². The summed E-state index contributed by atoms with van der Waals surface area (Å²) in [6, 6.07) is 11.9. The molecule has 1 N–H and O–H groups in total. The number of nitrogens with one attached hydrogen (secondary N) is 1. The zero-order chi connectivity index (χ0) is 16.3. The highest BCUT2D eigenvalue weighted by Crippen LogP contribution is 2.33. The first-order valence-electron chi connectivity index (χ1n) is 6.60. The normalized spacial score (nSPS) is 16.2. The lowest BCUT2D eigenvalue weighted by atomic mass is 9.86. The van der Waals surface area contributed by atoms with E-state index in [4.69, 9.17) is 11.6 Å². The van der Waals surface area contributed by atoms with Crippen molar-refractivity contribution in [3.8, 4) is 12.1 Å². The van der Waals surface area contributed by atoms with Gasteiger partial charge in [0.25, 0.3) is 0 Å². The maximum Gasteiger partial charge on any atom is 0.0975 e. The van der Waals surface area contributed by atoms with E-state index in [1.807, 2.05) is 38.1 Å². The third kappa shape index (κ3) is 3.25. The van der Waals surface area contributed by atoms with E-state index in [0.717, 1.165) is 21.4 Å². The predicted octanol–water partition coefficient (Wildman–Crippen LogP) is 4.84. The van der Waals surface area contributed by atoms with Gasteiger partial charge in [-0.25, -0.2) is 0 Å². The molecule has 0 fully saturated rings. The molecule has 1 aliphatic rings. The molecular weight excluding hydrogens is 362 g/mol. The minimum absolute atomic E-state index is 0.424. The first-order chi connectivity index (χ1) is 10.5. The molecule has 5 heteroatoms. The van der Waals surface area contributed by atoms with Crippen molar-refractivity contribution in [3.63, 3.8) is 0 Å². The molecule has 0 aliphatic carbocycles. The van der Waals surface area contributed by atoms with Gasteiger partial charge in [0, 0.05) is 20.9 Å². The van der Waals surface area contributed by atoms with E-state index in [-0.39, 0.29) is 0 Å². The monoisotopic (exact) mass is 373 g/mol.